The van der Waals surface area contributed by atoms with E-state index in [1.807, 2.05) is 24.5 Å². The second-order valence-electron chi connectivity index (χ2n) is 4.06. The number of halogens is 1. The Morgan fingerprint density at radius 2 is 2.10 bits per heavy atom. The number of nitrogens with zero attached hydrogens (tertiary/aromatic N) is 2. The van der Waals surface area contributed by atoms with Crippen molar-refractivity contribution in [3.63, 3.8) is 0 Å². The van der Waals surface area contributed by atoms with Gasteiger partial charge < -0.3 is 5.11 Å². The highest BCUT2D eigenvalue weighted by Gasteiger charge is 2.11. The van der Waals surface area contributed by atoms with Crippen LogP contribution in [0.4, 0.5) is 11.4 Å². The maximum atomic E-state index is 11.9. The molecular formula is C14H10ClN2O3S-. The van der Waals surface area contributed by atoms with Gasteiger partial charge in [0.2, 0.25) is 0 Å². The predicted molar refractivity (Wildman–Crippen MR) is 83.0 cm³/mol. The normalized spacial score (nSPS) is 11.0. The van der Waals surface area contributed by atoms with Gasteiger partial charge in [0, 0.05) is 22.2 Å². The number of thioether (sulfide) groups is 1. The summed E-state index contributed by atoms with van der Waals surface area (Å²) in [6.07, 6.45) is 3.24. The summed E-state index contributed by atoms with van der Waals surface area (Å²) in [6, 6.07) is 9.81. The third-order valence-corrected chi connectivity index (χ3v) is 3.61. The Labute approximate surface area is 130 Å². The Hall–Kier alpha value is -2.05. The molecule has 0 spiro atoms. The van der Waals surface area contributed by atoms with E-state index < -0.39 is 16.4 Å². The van der Waals surface area contributed by atoms with Crippen LogP contribution in [0.1, 0.15) is 5.56 Å². The second kappa shape index (κ2) is 6.60. The summed E-state index contributed by atoms with van der Waals surface area (Å²) in [5.74, 6) is -0.700. The Balaban J connectivity index is 2.38. The summed E-state index contributed by atoms with van der Waals surface area (Å²) in [7, 11) is 0. The van der Waals surface area contributed by atoms with Crippen molar-refractivity contribution in [2.24, 2.45) is 4.99 Å². The van der Waals surface area contributed by atoms with Crippen LogP contribution in [0.25, 0.3) is 0 Å². The van der Waals surface area contributed by atoms with Crippen LogP contribution < -0.4 is 5.11 Å². The lowest BCUT2D eigenvalue weighted by Gasteiger charge is -2.10. The zero-order chi connectivity index (χ0) is 15.4. The highest BCUT2D eigenvalue weighted by atomic mass is 35.5. The molecular weight excluding hydrogens is 312 g/mol. The zero-order valence-corrected chi connectivity index (χ0v) is 12.5. The van der Waals surface area contributed by atoms with E-state index in [-0.39, 0.29) is 10.6 Å². The van der Waals surface area contributed by atoms with Gasteiger partial charge in [0.15, 0.2) is 0 Å². The van der Waals surface area contributed by atoms with Crippen LogP contribution in [0.2, 0.25) is 5.02 Å². The number of nitro benzene ring substituents is 1. The number of nitro groups is 1. The first kappa shape index (κ1) is 15.3. The van der Waals surface area contributed by atoms with E-state index >= 15 is 0 Å². The minimum absolute atomic E-state index is 0.0868. The summed E-state index contributed by atoms with van der Waals surface area (Å²) >= 11 is 7.36. The van der Waals surface area contributed by atoms with E-state index in [0.29, 0.717) is 5.69 Å². The summed E-state index contributed by atoms with van der Waals surface area (Å²) in [6.45, 7) is 0. The predicted octanol–water partition coefficient (Wildman–Crippen LogP) is 3.79. The molecule has 0 aliphatic carbocycles. The van der Waals surface area contributed by atoms with Gasteiger partial charge in [0.25, 0.3) is 5.69 Å². The van der Waals surface area contributed by atoms with Crippen molar-refractivity contribution in [3.05, 3.63) is 57.1 Å². The summed E-state index contributed by atoms with van der Waals surface area (Å²) in [5.41, 5.74) is 0.189. The molecule has 0 radical (unpaired) electrons. The molecule has 0 atom stereocenters. The Morgan fingerprint density at radius 3 is 2.76 bits per heavy atom. The molecule has 7 heteroatoms. The highest BCUT2D eigenvalue weighted by Crippen LogP contribution is 2.30. The molecule has 0 saturated carbocycles. The third kappa shape index (κ3) is 3.74. The van der Waals surface area contributed by atoms with Crippen LogP contribution in [0.3, 0.4) is 0 Å². The molecule has 5 nitrogen and oxygen atoms in total. The smallest absolute Gasteiger partial charge is 0.263 e. The number of hydrogen-bond donors (Lipinski definition) is 0. The maximum Gasteiger partial charge on any atom is 0.263 e. The minimum atomic E-state index is -0.750. The van der Waals surface area contributed by atoms with Crippen LogP contribution in [-0.2, 0) is 0 Å². The van der Waals surface area contributed by atoms with E-state index in [2.05, 4.69) is 4.99 Å². The van der Waals surface area contributed by atoms with E-state index in [4.69, 9.17) is 11.6 Å². The van der Waals surface area contributed by atoms with Crippen molar-refractivity contribution in [2.75, 3.05) is 6.26 Å². The number of aliphatic imine (C=N–C) groups is 1. The van der Waals surface area contributed by atoms with Crippen LogP contribution in [0.15, 0.2) is 46.3 Å². The highest BCUT2D eigenvalue weighted by molar-refractivity contribution is 7.98. The van der Waals surface area contributed by atoms with Gasteiger partial charge in [-0.05, 0) is 41.8 Å². The molecule has 0 amide bonds. The molecule has 0 saturated heterocycles. The van der Waals surface area contributed by atoms with Crippen LogP contribution >= 0.6 is 23.4 Å². The van der Waals surface area contributed by atoms with E-state index in [1.165, 1.54) is 12.3 Å². The summed E-state index contributed by atoms with van der Waals surface area (Å²) in [5, 5.41) is 22.8. The average Bonchev–Trinajstić information content (AvgIpc) is 2.47. The van der Waals surface area contributed by atoms with Crippen molar-refractivity contribution >= 4 is 41.0 Å². The van der Waals surface area contributed by atoms with Gasteiger partial charge in [0.05, 0.1) is 10.6 Å². The molecule has 0 heterocycles. The fourth-order valence-electron chi connectivity index (χ4n) is 1.67. The molecule has 0 bridgehead atoms. The van der Waals surface area contributed by atoms with Gasteiger partial charge >= 0.3 is 0 Å². The summed E-state index contributed by atoms with van der Waals surface area (Å²) in [4.78, 5) is 15.2. The SMILES string of the molecule is CSc1cccc(N=Cc2cc(Cl)cc([N+](=O)[O-])c2[O-])c1. The lowest BCUT2D eigenvalue weighted by Crippen LogP contribution is -2.02. The van der Waals surface area contributed by atoms with Gasteiger partial charge in [-0.1, -0.05) is 17.7 Å². The number of hydrogen-bond acceptors (Lipinski definition) is 5. The van der Waals surface area contributed by atoms with Crippen LogP contribution in [-0.4, -0.2) is 17.4 Å². The Morgan fingerprint density at radius 1 is 1.33 bits per heavy atom. The largest absolute Gasteiger partial charge is 0.867 e. The van der Waals surface area contributed by atoms with Crippen molar-refractivity contribution in [1.29, 1.82) is 0 Å². The fraction of sp³-hybridized carbons (Fsp3) is 0.0714. The van der Waals surface area contributed by atoms with Crippen LogP contribution in [0, 0.1) is 10.1 Å². The zero-order valence-electron chi connectivity index (χ0n) is 10.9. The molecule has 108 valence electrons. The first-order valence-corrected chi connectivity index (χ1v) is 7.44. The van der Waals surface area contributed by atoms with E-state index in [9.17, 15) is 15.2 Å². The fourth-order valence-corrected chi connectivity index (χ4v) is 2.34. The van der Waals surface area contributed by atoms with Crippen molar-refractivity contribution in [3.8, 4) is 5.75 Å². The van der Waals surface area contributed by atoms with Crippen molar-refractivity contribution in [1.82, 2.24) is 0 Å². The summed E-state index contributed by atoms with van der Waals surface area (Å²) < 4.78 is 0. The number of benzene rings is 2. The minimum Gasteiger partial charge on any atom is -0.867 e. The van der Waals surface area contributed by atoms with Gasteiger partial charge in [-0.25, -0.2) is 0 Å². The topological polar surface area (TPSA) is 78.6 Å². The molecule has 0 unspecified atom stereocenters. The van der Waals surface area contributed by atoms with Crippen molar-refractivity contribution in [2.45, 2.75) is 4.90 Å². The monoisotopic (exact) mass is 321 g/mol. The lowest BCUT2D eigenvalue weighted by atomic mass is 10.2. The molecule has 0 aliphatic rings. The van der Waals surface area contributed by atoms with E-state index in [0.717, 1.165) is 11.0 Å². The molecule has 2 rings (SSSR count). The molecule has 21 heavy (non-hydrogen) atoms. The van der Waals surface area contributed by atoms with Gasteiger partial charge in [0.1, 0.15) is 0 Å². The van der Waals surface area contributed by atoms with Gasteiger partial charge in [-0.3, -0.25) is 15.1 Å². The average molecular weight is 322 g/mol. The van der Waals surface area contributed by atoms with Crippen LogP contribution in [0.5, 0.6) is 5.75 Å². The molecule has 0 N–H and O–H groups in total. The Kier molecular flexibility index (Phi) is 4.82. The van der Waals surface area contributed by atoms with E-state index in [1.54, 1.807) is 17.8 Å². The first-order chi connectivity index (χ1) is 10.0. The standard InChI is InChI=1S/C14H11ClN2O3S/c1-21-12-4-2-3-11(7-12)16-8-9-5-10(15)6-13(14(9)18)17(19)20/h2-8,18H,1H3/p-1. The van der Waals surface area contributed by atoms with Crippen molar-refractivity contribution < 1.29 is 10.0 Å². The molecule has 2 aromatic rings. The van der Waals surface area contributed by atoms with Gasteiger partial charge in [-0.2, -0.15) is 0 Å². The molecule has 0 aromatic heterocycles. The molecule has 0 fully saturated rings. The maximum absolute atomic E-state index is 11.9. The quantitative estimate of drug-likeness (QED) is 0.371. The Bertz CT molecular complexity index is 719. The molecule has 2 aromatic carbocycles. The number of rotatable bonds is 4. The lowest BCUT2D eigenvalue weighted by molar-refractivity contribution is -0.398. The third-order valence-electron chi connectivity index (χ3n) is 2.67. The molecule has 0 aliphatic heterocycles. The van der Waals surface area contributed by atoms with Gasteiger partial charge in [-0.15, -0.1) is 11.8 Å². The first-order valence-electron chi connectivity index (χ1n) is 5.84. The second-order valence-corrected chi connectivity index (χ2v) is 5.38.